The quantitative estimate of drug-likeness (QED) is 0.796. The Hall–Kier alpha value is -2.39. The highest BCUT2D eigenvalue weighted by molar-refractivity contribution is 5.85. The van der Waals surface area contributed by atoms with Crippen molar-refractivity contribution in [1.29, 1.82) is 0 Å². The van der Waals surface area contributed by atoms with Gasteiger partial charge in [-0.25, -0.2) is 14.2 Å². The summed E-state index contributed by atoms with van der Waals surface area (Å²) in [4.78, 5) is 18.0. The van der Waals surface area contributed by atoms with Gasteiger partial charge in [-0.15, -0.1) is 10.2 Å². The van der Waals surface area contributed by atoms with Crippen molar-refractivity contribution in [3.05, 3.63) is 22.6 Å². The zero-order valence-electron chi connectivity index (χ0n) is 11.0. The van der Waals surface area contributed by atoms with Crippen LogP contribution in [0.3, 0.4) is 0 Å². The molecule has 0 atom stereocenters. The van der Waals surface area contributed by atoms with E-state index in [-0.39, 0.29) is 23.4 Å². The Morgan fingerprint density at radius 3 is 2.76 bits per heavy atom. The molecule has 0 spiro atoms. The first-order valence-electron chi connectivity index (χ1n) is 6.33. The molecule has 21 heavy (non-hydrogen) atoms. The van der Waals surface area contributed by atoms with Crippen LogP contribution in [0.15, 0.2) is 11.1 Å². The molecule has 0 unspecified atom stereocenters. The van der Waals surface area contributed by atoms with Crippen molar-refractivity contribution in [3.63, 3.8) is 0 Å². The van der Waals surface area contributed by atoms with Gasteiger partial charge in [0.2, 0.25) is 5.82 Å². The lowest BCUT2D eigenvalue weighted by Gasteiger charge is -2.06. The zero-order valence-corrected chi connectivity index (χ0v) is 11.0. The Balaban J connectivity index is 2.37. The predicted molar refractivity (Wildman–Crippen MR) is 66.8 cm³/mol. The van der Waals surface area contributed by atoms with Gasteiger partial charge >= 0.3 is 11.9 Å². The number of hydrogen-bond acceptors (Lipinski definition) is 4. The highest BCUT2D eigenvalue weighted by Gasteiger charge is 2.36. The second-order valence-electron chi connectivity index (χ2n) is 4.59. The topological polar surface area (TPSA) is 80.9 Å². The Kier molecular flexibility index (Phi) is 2.96. The van der Waals surface area contributed by atoms with E-state index >= 15 is 0 Å². The molecule has 0 radical (unpaired) electrons. The number of H-pyrrole nitrogens is 1. The minimum atomic E-state index is -4.62. The SMILES string of the molecule is CCCCn1c(=O)n2cnnc2c2[nH]c(C(F)(F)F)nc21. The molecule has 0 fully saturated rings. The average molecular weight is 300 g/mol. The number of halogens is 3. The van der Waals surface area contributed by atoms with E-state index in [1.807, 2.05) is 6.92 Å². The molecule has 0 aliphatic rings. The van der Waals surface area contributed by atoms with E-state index in [1.165, 1.54) is 10.9 Å². The van der Waals surface area contributed by atoms with Gasteiger partial charge in [-0.1, -0.05) is 13.3 Å². The molecular weight excluding hydrogens is 289 g/mol. The van der Waals surface area contributed by atoms with E-state index in [0.717, 1.165) is 10.8 Å². The number of alkyl halides is 3. The van der Waals surface area contributed by atoms with Crippen LogP contribution in [0.4, 0.5) is 13.2 Å². The summed E-state index contributed by atoms with van der Waals surface area (Å²) in [6, 6.07) is 0. The molecular formula is C11H11F3N6O. The number of hydrogen-bond donors (Lipinski definition) is 1. The molecule has 1 N–H and O–H groups in total. The minimum Gasteiger partial charge on any atom is -0.330 e. The van der Waals surface area contributed by atoms with Crippen LogP contribution in [-0.2, 0) is 12.7 Å². The first kappa shape index (κ1) is 13.6. The lowest BCUT2D eigenvalue weighted by molar-refractivity contribution is -0.144. The third kappa shape index (κ3) is 2.06. The van der Waals surface area contributed by atoms with Crippen LogP contribution in [0, 0.1) is 0 Å². The van der Waals surface area contributed by atoms with Crippen LogP contribution in [0.25, 0.3) is 16.8 Å². The van der Waals surface area contributed by atoms with Gasteiger partial charge in [0, 0.05) is 6.54 Å². The standard InChI is InChI=1S/C11H11F3N6O/c1-2-3-4-19-7-6(16-9(17-7)11(12,13)14)8-18-15-5-20(8)10(19)21/h5H,2-4H2,1H3,(H,16,17). The van der Waals surface area contributed by atoms with Crippen LogP contribution < -0.4 is 5.69 Å². The number of aromatic nitrogens is 6. The van der Waals surface area contributed by atoms with E-state index in [1.54, 1.807) is 0 Å². The van der Waals surface area contributed by atoms with Crippen molar-refractivity contribution >= 4 is 16.8 Å². The predicted octanol–water partition coefficient (Wildman–Crippen LogP) is 1.59. The van der Waals surface area contributed by atoms with Gasteiger partial charge in [0.15, 0.2) is 11.3 Å². The van der Waals surface area contributed by atoms with Gasteiger partial charge in [-0.05, 0) is 6.42 Å². The second kappa shape index (κ2) is 4.57. The molecule has 0 saturated heterocycles. The molecule has 3 heterocycles. The van der Waals surface area contributed by atoms with Gasteiger partial charge in [-0.3, -0.25) is 4.57 Å². The molecule has 0 aliphatic heterocycles. The second-order valence-corrected chi connectivity index (χ2v) is 4.59. The van der Waals surface area contributed by atoms with E-state index < -0.39 is 17.7 Å². The highest BCUT2D eigenvalue weighted by atomic mass is 19.4. The van der Waals surface area contributed by atoms with Crippen LogP contribution in [0.2, 0.25) is 0 Å². The number of nitrogens with zero attached hydrogens (tertiary/aromatic N) is 5. The summed E-state index contributed by atoms with van der Waals surface area (Å²) in [7, 11) is 0. The van der Waals surface area contributed by atoms with Crippen LogP contribution in [0.1, 0.15) is 25.6 Å². The molecule has 3 aromatic rings. The summed E-state index contributed by atoms with van der Waals surface area (Å²) in [6.07, 6.45) is -2.00. The number of unbranched alkanes of at least 4 members (excludes halogenated alkanes) is 1. The molecule has 7 nitrogen and oxygen atoms in total. The Morgan fingerprint density at radius 2 is 2.10 bits per heavy atom. The van der Waals surface area contributed by atoms with Gasteiger partial charge in [0.25, 0.3) is 0 Å². The molecule has 0 saturated carbocycles. The Morgan fingerprint density at radius 1 is 1.33 bits per heavy atom. The van der Waals surface area contributed by atoms with Crippen molar-refractivity contribution < 1.29 is 13.2 Å². The van der Waals surface area contributed by atoms with Crippen LogP contribution in [-0.4, -0.2) is 29.1 Å². The van der Waals surface area contributed by atoms with Crippen molar-refractivity contribution in [2.24, 2.45) is 0 Å². The summed E-state index contributed by atoms with van der Waals surface area (Å²) in [5.74, 6) is -1.15. The minimum absolute atomic E-state index is 0.0331. The van der Waals surface area contributed by atoms with E-state index in [2.05, 4.69) is 20.2 Å². The van der Waals surface area contributed by atoms with Crippen molar-refractivity contribution in [1.82, 2.24) is 29.1 Å². The summed E-state index contributed by atoms with van der Waals surface area (Å²) in [5.41, 5.74) is -0.473. The van der Waals surface area contributed by atoms with Gasteiger partial charge < -0.3 is 4.98 Å². The number of nitrogens with one attached hydrogen (secondary N) is 1. The summed E-state index contributed by atoms with van der Waals surface area (Å²) in [6.45, 7) is 2.20. The largest absolute Gasteiger partial charge is 0.449 e. The van der Waals surface area contributed by atoms with E-state index in [0.29, 0.717) is 6.42 Å². The molecule has 10 heteroatoms. The van der Waals surface area contributed by atoms with E-state index in [4.69, 9.17) is 0 Å². The first-order chi connectivity index (χ1) is 9.93. The average Bonchev–Trinajstić information content (AvgIpc) is 3.03. The summed E-state index contributed by atoms with van der Waals surface area (Å²) < 4.78 is 40.8. The van der Waals surface area contributed by atoms with Crippen LogP contribution in [0.5, 0.6) is 0 Å². The van der Waals surface area contributed by atoms with Crippen molar-refractivity contribution in [2.75, 3.05) is 0 Å². The molecule has 0 bridgehead atoms. The molecule has 3 aromatic heterocycles. The first-order valence-corrected chi connectivity index (χ1v) is 6.33. The third-order valence-electron chi connectivity index (χ3n) is 3.15. The number of fused-ring (bicyclic) bond motifs is 3. The van der Waals surface area contributed by atoms with Gasteiger partial charge in [-0.2, -0.15) is 13.2 Å². The molecule has 3 rings (SSSR count). The lowest BCUT2D eigenvalue weighted by atomic mass is 10.3. The zero-order chi connectivity index (χ0) is 15.2. The fourth-order valence-electron chi connectivity index (χ4n) is 2.13. The maximum atomic E-state index is 12.8. The van der Waals surface area contributed by atoms with Crippen molar-refractivity contribution in [3.8, 4) is 0 Å². The number of aryl methyl sites for hydroxylation is 1. The van der Waals surface area contributed by atoms with E-state index in [9.17, 15) is 18.0 Å². The van der Waals surface area contributed by atoms with Gasteiger partial charge in [0.1, 0.15) is 11.8 Å². The van der Waals surface area contributed by atoms with Crippen molar-refractivity contribution in [2.45, 2.75) is 32.5 Å². The van der Waals surface area contributed by atoms with Crippen LogP contribution >= 0.6 is 0 Å². The number of aromatic amines is 1. The Bertz CT molecular complexity index is 858. The fourth-order valence-corrected chi connectivity index (χ4v) is 2.13. The Labute approximate surface area is 115 Å². The van der Waals surface area contributed by atoms with Gasteiger partial charge in [0.05, 0.1) is 0 Å². The highest BCUT2D eigenvalue weighted by Crippen LogP contribution is 2.29. The molecule has 112 valence electrons. The monoisotopic (exact) mass is 300 g/mol. The maximum absolute atomic E-state index is 12.8. The molecule has 0 amide bonds. The lowest BCUT2D eigenvalue weighted by Crippen LogP contribution is -2.27. The third-order valence-corrected chi connectivity index (χ3v) is 3.15. The normalized spacial score (nSPS) is 12.6. The number of rotatable bonds is 3. The number of imidazole rings is 1. The smallest absolute Gasteiger partial charge is 0.330 e. The fraction of sp³-hybridized carbons (Fsp3) is 0.455. The summed E-state index contributed by atoms with van der Waals surface area (Å²) >= 11 is 0. The summed E-state index contributed by atoms with van der Waals surface area (Å²) in [5, 5.41) is 7.26. The molecule has 0 aromatic carbocycles. The molecule has 0 aliphatic carbocycles. The maximum Gasteiger partial charge on any atom is 0.449 e.